The fourth-order valence-corrected chi connectivity index (χ4v) is 4.13. The van der Waals surface area contributed by atoms with Gasteiger partial charge in [-0.1, -0.05) is 29.8 Å². The molecule has 4 rings (SSSR count). The minimum absolute atomic E-state index is 0.0418. The van der Waals surface area contributed by atoms with Gasteiger partial charge in [0.2, 0.25) is 0 Å². The molecule has 146 valence electrons. The number of pyridine rings is 2. The zero-order chi connectivity index (χ0) is 20.4. The predicted octanol–water partition coefficient (Wildman–Crippen LogP) is 5.64. The van der Waals surface area contributed by atoms with E-state index in [2.05, 4.69) is 30.2 Å². The number of aliphatic hydroxyl groups is 1. The second-order valence-electron chi connectivity index (χ2n) is 7.01. The maximum Gasteiger partial charge on any atom is 0.127 e. The zero-order valence-electron chi connectivity index (χ0n) is 16.4. The summed E-state index contributed by atoms with van der Waals surface area (Å²) in [6.07, 6.45) is 3.63. The second-order valence-corrected chi connectivity index (χ2v) is 7.42. The Hall–Kier alpha value is -2.95. The van der Waals surface area contributed by atoms with Crippen LogP contribution in [-0.4, -0.2) is 28.2 Å². The lowest BCUT2D eigenvalue weighted by Gasteiger charge is -2.18. The third kappa shape index (κ3) is 3.69. The van der Waals surface area contributed by atoms with Crippen LogP contribution in [0.1, 0.15) is 11.1 Å². The van der Waals surface area contributed by atoms with Crippen molar-refractivity contribution in [3.8, 4) is 22.3 Å². The van der Waals surface area contributed by atoms with Gasteiger partial charge in [-0.2, -0.15) is 0 Å². The first-order valence-electron chi connectivity index (χ1n) is 9.55. The number of rotatable bonds is 5. The molecule has 0 aliphatic carbocycles. The Morgan fingerprint density at radius 1 is 1.00 bits per heavy atom. The van der Waals surface area contributed by atoms with Crippen LogP contribution in [0.15, 0.2) is 60.9 Å². The van der Waals surface area contributed by atoms with Gasteiger partial charge in [0.1, 0.15) is 5.82 Å². The molecule has 0 amide bonds. The van der Waals surface area contributed by atoms with Crippen molar-refractivity contribution in [2.75, 3.05) is 18.5 Å². The molecule has 0 unspecified atom stereocenters. The molecule has 0 radical (unpaired) electrons. The Morgan fingerprint density at radius 2 is 1.76 bits per heavy atom. The molecule has 2 N–H and O–H groups in total. The summed E-state index contributed by atoms with van der Waals surface area (Å²) < 4.78 is 0. The summed E-state index contributed by atoms with van der Waals surface area (Å²) in [5.41, 5.74) is 7.50. The monoisotopic (exact) mass is 403 g/mol. The smallest absolute Gasteiger partial charge is 0.127 e. The van der Waals surface area contributed by atoms with Crippen LogP contribution in [0.4, 0.5) is 5.82 Å². The molecule has 29 heavy (non-hydrogen) atoms. The van der Waals surface area contributed by atoms with Crippen molar-refractivity contribution in [2.45, 2.75) is 13.8 Å². The number of halogens is 1. The van der Waals surface area contributed by atoms with E-state index in [1.54, 1.807) is 0 Å². The van der Waals surface area contributed by atoms with E-state index in [9.17, 15) is 5.11 Å². The van der Waals surface area contributed by atoms with Gasteiger partial charge in [-0.25, -0.2) is 4.98 Å². The Morgan fingerprint density at radius 3 is 2.48 bits per heavy atom. The van der Waals surface area contributed by atoms with Gasteiger partial charge in [0.05, 0.1) is 12.1 Å². The topological polar surface area (TPSA) is 58.0 Å². The largest absolute Gasteiger partial charge is 0.395 e. The summed E-state index contributed by atoms with van der Waals surface area (Å²) in [5, 5.41) is 14.2. The zero-order valence-corrected chi connectivity index (χ0v) is 17.2. The molecule has 0 saturated heterocycles. The molecule has 5 heteroatoms. The highest BCUT2D eigenvalue weighted by Crippen LogP contribution is 2.40. The number of fused-ring (bicyclic) bond motifs is 1. The Bertz CT molecular complexity index is 1180. The van der Waals surface area contributed by atoms with Crippen molar-refractivity contribution < 1.29 is 5.11 Å². The van der Waals surface area contributed by atoms with Crippen LogP contribution in [0, 0.1) is 13.8 Å². The molecule has 0 fully saturated rings. The summed E-state index contributed by atoms with van der Waals surface area (Å²) in [6, 6.07) is 16.0. The lowest BCUT2D eigenvalue weighted by Crippen LogP contribution is -2.07. The summed E-state index contributed by atoms with van der Waals surface area (Å²) in [5.74, 6) is 0.719. The van der Waals surface area contributed by atoms with Crippen molar-refractivity contribution in [1.82, 2.24) is 9.97 Å². The molecule has 0 bridgehead atoms. The second kappa shape index (κ2) is 8.19. The van der Waals surface area contributed by atoms with Crippen LogP contribution in [0.3, 0.4) is 0 Å². The third-order valence-electron chi connectivity index (χ3n) is 5.10. The van der Waals surface area contributed by atoms with E-state index in [-0.39, 0.29) is 6.61 Å². The highest BCUT2D eigenvalue weighted by molar-refractivity contribution is 6.33. The number of hydrogen-bond acceptors (Lipinski definition) is 4. The predicted molar refractivity (Wildman–Crippen MR) is 120 cm³/mol. The van der Waals surface area contributed by atoms with Gasteiger partial charge in [0.25, 0.3) is 0 Å². The summed E-state index contributed by atoms with van der Waals surface area (Å²) in [6.45, 7) is 4.72. The molecule has 0 spiro atoms. The number of hydrogen-bond donors (Lipinski definition) is 2. The van der Waals surface area contributed by atoms with Gasteiger partial charge in [-0.05, 0) is 72.0 Å². The number of nitrogens with zero attached hydrogens (tertiary/aromatic N) is 2. The van der Waals surface area contributed by atoms with Crippen LogP contribution in [0.2, 0.25) is 5.02 Å². The number of nitrogens with one attached hydrogen (secondary N) is 1. The molecule has 0 aliphatic heterocycles. The summed E-state index contributed by atoms with van der Waals surface area (Å²) in [4.78, 5) is 8.96. The number of anilines is 1. The Balaban J connectivity index is 2.06. The van der Waals surface area contributed by atoms with E-state index in [4.69, 9.17) is 16.6 Å². The third-order valence-corrected chi connectivity index (χ3v) is 5.43. The normalized spacial score (nSPS) is 11.0. The van der Waals surface area contributed by atoms with E-state index in [0.29, 0.717) is 11.6 Å². The summed E-state index contributed by atoms with van der Waals surface area (Å²) >= 11 is 6.57. The van der Waals surface area contributed by atoms with Crippen molar-refractivity contribution in [3.63, 3.8) is 0 Å². The van der Waals surface area contributed by atoms with E-state index in [1.165, 1.54) is 5.56 Å². The standard InChI is InChI=1S/C24H22ClN3O/c1-15-13-21-24(16(2)23(15)17-7-9-26-10-8-17)19(14-22(28-21)27-11-12-29)18-5-3-4-6-20(18)25/h3-10,13-14,29H,11-12H2,1-2H3,(H,27,28). The molecule has 0 atom stereocenters. The highest BCUT2D eigenvalue weighted by Gasteiger charge is 2.17. The highest BCUT2D eigenvalue weighted by atomic mass is 35.5. The van der Waals surface area contributed by atoms with Gasteiger partial charge in [0, 0.05) is 34.9 Å². The number of aliphatic hydroxyl groups excluding tert-OH is 1. The average molecular weight is 404 g/mol. The van der Waals surface area contributed by atoms with Crippen molar-refractivity contribution in [1.29, 1.82) is 0 Å². The maximum atomic E-state index is 9.21. The van der Waals surface area contributed by atoms with E-state index in [0.717, 1.165) is 44.5 Å². The number of aromatic nitrogens is 2. The van der Waals surface area contributed by atoms with Gasteiger partial charge in [0.15, 0.2) is 0 Å². The van der Waals surface area contributed by atoms with Gasteiger partial charge < -0.3 is 10.4 Å². The van der Waals surface area contributed by atoms with E-state index in [1.807, 2.05) is 54.9 Å². The molecule has 4 aromatic rings. The van der Waals surface area contributed by atoms with Crippen LogP contribution >= 0.6 is 11.6 Å². The van der Waals surface area contributed by atoms with Gasteiger partial charge >= 0.3 is 0 Å². The van der Waals surface area contributed by atoms with Gasteiger partial charge in [-0.3, -0.25) is 4.98 Å². The molecule has 2 aromatic carbocycles. The fraction of sp³-hybridized carbons (Fsp3) is 0.167. The van der Waals surface area contributed by atoms with Crippen molar-refractivity contribution in [2.24, 2.45) is 0 Å². The van der Waals surface area contributed by atoms with Crippen LogP contribution in [-0.2, 0) is 0 Å². The average Bonchev–Trinajstić information content (AvgIpc) is 2.72. The van der Waals surface area contributed by atoms with Crippen LogP contribution < -0.4 is 5.32 Å². The molecular weight excluding hydrogens is 382 g/mol. The minimum Gasteiger partial charge on any atom is -0.395 e. The quantitative estimate of drug-likeness (QED) is 0.452. The van der Waals surface area contributed by atoms with E-state index < -0.39 is 0 Å². The number of aryl methyl sites for hydroxylation is 2. The van der Waals surface area contributed by atoms with Crippen molar-refractivity contribution >= 4 is 28.3 Å². The van der Waals surface area contributed by atoms with Gasteiger partial charge in [-0.15, -0.1) is 0 Å². The molecule has 0 aliphatic rings. The molecule has 2 heterocycles. The first-order valence-corrected chi connectivity index (χ1v) is 9.93. The minimum atomic E-state index is 0.0418. The van der Waals surface area contributed by atoms with Crippen LogP contribution in [0.25, 0.3) is 33.2 Å². The first-order chi connectivity index (χ1) is 14.1. The first kappa shape index (κ1) is 19.4. The molecular formula is C24H22ClN3O. The Labute approximate surface area is 175 Å². The van der Waals surface area contributed by atoms with Crippen LogP contribution in [0.5, 0.6) is 0 Å². The lowest BCUT2D eigenvalue weighted by atomic mass is 9.89. The number of benzene rings is 2. The summed E-state index contributed by atoms with van der Waals surface area (Å²) in [7, 11) is 0. The SMILES string of the molecule is Cc1cc2nc(NCCO)cc(-c3ccccc3Cl)c2c(C)c1-c1ccncc1. The fourth-order valence-electron chi connectivity index (χ4n) is 3.89. The molecule has 0 saturated carbocycles. The maximum absolute atomic E-state index is 9.21. The Kier molecular flexibility index (Phi) is 5.47. The lowest BCUT2D eigenvalue weighted by molar-refractivity contribution is 0.311. The van der Waals surface area contributed by atoms with Crippen molar-refractivity contribution in [3.05, 3.63) is 77.1 Å². The molecule has 2 aromatic heterocycles. The van der Waals surface area contributed by atoms with E-state index >= 15 is 0 Å². The molecule has 4 nitrogen and oxygen atoms in total.